The Morgan fingerprint density at radius 2 is 1.83 bits per heavy atom. The summed E-state index contributed by atoms with van der Waals surface area (Å²) in [5.41, 5.74) is 0.524. The number of nitrogens with one attached hydrogen (secondary N) is 1. The van der Waals surface area contributed by atoms with Gasteiger partial charge in [-0.25, -0.2) is 4.79 Å². The molecule has 7 heteroatoms. The molecule has 0 spiro atoms. The van der Waals surface area contributed by atoms with Crippen LogP contribution in [0.5, 0.6) is 5.75 Å². The van der Waals surface area contributed by atoms with Gasteiger partial charge in [0.25, 0.3) is 0 Å². The summed E-state index contributed by atoms with van der Waals surface area (Å²) in [6.07, 6.45) is 0. The number of ether oxygens (including phenoxy) is 1. The van der Waals surface area contributed by atoms with E-state index in [9.17, 15) is 14.7 Å². The Balaban J connectivity index is 0.00000232. The van der Waals surface area contributed by atoms with Crippen LogP contribution in [0.15, 0.2) is 18.2 Å². The van der Waals surface area contributed by atoms with Crippen molar-refractivity contribution in [2.24, 2.45) is 0 Å². The normalized spacial score (nSPS) is 9.83. The molecule has 0 bridgehead atoms. The molecular formula is C16H25IN2O4. The molecular weight excluding hydrogens is 411 g/mol. The monoisotopic (exact) mass is 436 g/mol. The third kappa shape index (κ3) is 7.65. The summed E-state index contributed by atoms with van der Waals surface area (Å²) < 4.78 is 4.82. The maximum absolute atomic E-state index is 11.8. The van der Waals surface area contributed by atoms with Crippen LogP contribution in [0, 0.1) is 0 Å². The predicted molar refractivity (Wildman–Crippen MR) is 100 cm³/mol. The smallest absolute Gasteiger partial charge is 0.341 e. The van der Waals surface area contributed by atoms with E-state index in [-0.39, 0.29) is 30.4 Å². The lowest BCUT2D eigenvalue weighted by atomic mass is 10.2. The van der Waals surface area contributed by atoms with Crippen molar-refractivity contribution in [3.8, 4) is 5.75 Å². The standard InChI is InChI=1S/C15H22N2O4.CH3I/c1-4-17(5-2)10-14(19)16-11-7-8-12(13(18)9-11)15(20)21-6-3;1-2/h7-9,18H,4-6,10H2,1-3H3,(H,16,19);1H3. The molecule has 0 aliphatic carbocycles. The van der Waals surface area contributed by atoms with Crippen LogP contribution in [0.25, 0.3) is 0 Å². The van der Waals surface area contributed by atoms with E-state index in [1.54, 1.807) is 13.0 Å². The van der Waals surface area contributed by atoms with E-state index in [1.165, 1.54) is 12.1 Å². The van der Waals surface area contributed by atoms with E-state index in [0.717, 1.165) is 13.1 Å². The molecule has 1 aromatic rings. The number of anilines is 1. The lowest BCUT2D eigenvalue weighted by Crippen LogP contribution is -2.32. The number of esters is 1. The number of phenols is 1. The molecule has 23 heavy (non-hydrogen) atoms. The van der Waals surface area contributed by atoms with Crippen LogP contribution in [0.3, 0.4) is 0 Å². The predicted octanol–water partition coefficient (Wildman–Crippen LogP) is 2.90. The molecule has 1 amide bonds. The van der Waals surface area contributed by atoms with Crippen molar-refractivity contribution < 1.29 is 19.4 Å². The van der Waals surface area contributed by atoms with Gasteiger partial charge in [-0.15, -0.1) is 0 Å². The molecule has 6 nitrogen and oxygen atoms in total. The number of phenolic OH excluding ortho intramolecular Hbond substituents is 1. The van der Waals surface area contributed by atoms with Crippen LogP contribution < -0.4 is 5.32 Å². The summed E-state index contributed by atoms with van der Waals surface area (Å²) in [7, 11) is 0. The zero-order chi connectivity index (χ0) is 17.8. The van der Waals surface area contributed by atoms with Gasteiger partial charge in [0.1, 0.15) is 11.3 Å². The number of nitrogens with zero attached hydrogens (tertiary/aromatic N) is 1. The second-order valence-corrected chi connectivity index (χ2v) is 4.46. The van der Waals surface area contributed by atoms with Gasteiger partial charge in [-0.05, 0) is 37.1 Å². The number of carbonyl (C=O) groups is 2. The van der Waals surface area contributed by atoms with Gasteiger partial charge in [0.2, 0.25) is 5.91 Å². The zero-order valence-corrected chi connectivity index (χ0v) is 16.2. The lowest BCUT2D eigenvalue weighted by Gasteiger charge is -2.17. The van der Waals surface area contributed by atoms with E-state index in [2.05, 4.69) is 27.9 Å². The van der Waals surface area contributed by atoms with Crippen LogP contribution in [0.2, 0.25) is 0 Å². The number of benzene rings is 1. The van der Waals surface area contributed by atoms with Gasteiger partial charge in [-0.1, -0.05) is 36.4 Å². The first kappa shape index (κ1) is 21.6. The number of likely N-dealkylation sites (N-methyl/N-ethyl adjacent to an activating group) is 1. The van der Waals surface area contributed by atoms with E-state index in [0.29, 0.717) is 5.69 Å². The Morgan fingerprint density at radius 3 is 2.30 bits per heavy atom. The van der Waals surface area contributed by atoms with E-state index in [1.807, 2.05) is 23.7 Å². The number of rotatable bonds is 7. The SMILES string of the molecule is CCOC(=O)c1ccc(NC(=O)CN(CC)CC)cc1O.CI. The summed E-state index contributed by atoms with van der Waals surface area (Å²) in [5.74, 6) is -0.966. The summed E-state index contributed by atoms with van der Waals surface area (Å²) >= 11 is 2.15. The summed E-state index contributed by atoms with van der Waals surface area (Å²) in [4.78, 5) is 27.3. The maximum Gasteiger partial charge on any atom is 0.341 e. The fraction of sp³-hybridized carbons (Fsp3) is 0.500. The number of amides is 1. The van der Waals surface area contributed by atoms with E-state index in [4.69, 9.17) is 4.74 Å². The fourth-order valence-electron chi connectivity index (χ4n) is 1.84. The molecule has 130 valence electrons. The van der Waals surface area contributed by atoms with Gasteiger partial charge >= 0.3 is 5.97 Å². The Morgan fingerprint density at radius 1 is 1.22 bits per heavy atom. The number of hydrogen-bond donors (Lipinski definition) is 2. The quantitative estimate of drug-likeness (QED) is 0.391. The topological polar surface area (TPSA) is 78.9 Å². The highest BCUT2D eigenvalue weighted by molar-refractivity contribution is 14.1. The van der Waals surface area contributed by atoms with Gasteiger partial charge in [0.05, 0.1) is 13.2 Å². The van der Waals surface area contributed by atoms with Crippen molar-refractivity contribution in [1.82, 2.24) is 4.90 Å². The Bertz CT molecular complexity index is 505. The average molecular weight is 436 g/mol. The summed E-state index contributed by atoms with van der Waals surface area (Å²) in [6.45, 7) is 7.76. The highest BCUT2D eigenvalue weighted by Gasteiger charge is 2.14. The van der Waals surface area contributed by atoms with Crippen LogP contribution in [0.1, 0.15) is 31.1 Å². The van der Waals surface area contributed by atoms with Gasteiger partial charge < -0.3 is 15.2 Å². The van der Waals surface area contributed by atoms with E-state index < -0.39 is 5.97 Å². The molecule has 1 rings (SSSR count). The van der Waals surface area contributed by atoms with Crippen molar-refractivity contribution in [3.63, 3.8) is 0 Å². The molecule has 0 unspecified atom stereocenters. The van der Waals surface area contributed by atoms with Gasteiger partial charge in [-0.2, -0.15) is 0 Å². The molecule has 0 aliphatic heterocycles. The number of halogens is 1. The first-order valence-corrected chi connectivity index (χ1v) is 9.57. The Kier molecular flexibility index (Phi) is 11.4. The lowest BCUT2D eigenvalue weighted by molar-refractivity contribution is -0.117. The largest absolute Gasteiger partial charge is 0.507 e. The Labute approximate surface area is 151 Å². The van der Waals surface area contributed by atoms with Gasteiger partial charge in [-0.3, -0.25) is 9.69 Å². The third-order valence-corrected chi connectivity index (χ3v) is 3.04. The molecule has 2 N–H and O–H groups in total. The summed E-state index contributed by atoms with van der Waals surface area (Å²) in [6, 6.07) is 4.33. The zero-order valence-electron chi connectivity index (χ0n) is 14.1. The number of alkyl halides is 1. The van der Waals surface area contributed by atoms with Crippen molar-refractivity contribution >= 4 is 40.2 Å². The number of hydrogen-bond acceptors (Lipinski definition) is 5. The van der Waals surface area contributed by atoms with Gasteiger partial charge in [0, 0.05) is 11.8 Å². The molecule has 0 aliphatic rings. The molecule has 0 heterocycles. The minimum Gasteiger partial charge on any atom is -0.507 e. The molecule has 0 atom stereocenters. The van der Waals surface area contributed by atoms with Crippen molar-refractivity contribution in [1.29, 1.82) is 0 Å². The first-order chi connectivity index (χ1) is 11.0. The molecule has 0 radical (unpaired) electrons. The second kappa shape index (κ2) is 12.1. The highest BCUT2D eigenvalue weighted by Crippen LogP contribution is 2.22. The van der Waals surface area contributed by atoms with Crippen LogP contribution in [0.4, 0.5) is 5.69 Å². The third-order valence-electron chi connectivity index (χ3n) is 3.04. The summed E-state index contributed by atoms with van der Waals surface area (Å²) in [5, 5.41) is 12.5. The first-order valence-electron chi connectivity index (χ1n) is 7.41. The molecule has 1 aromatic carbocycles. The molecule has 0 saturated carbocycles. The van der Waals surface area contributed by atoms with E-state index >= 15 is 0 Å². The molecule has 0 fully saturated rings. The van der Waals surface area contributed by atoms with Crippen LogP contribution in [-0.2, 0) is 9.53 Å². The highest BCUT2D eigenvalue weighted by atomic mass is 127. The minimum absolute atomic E-state index is 0.0820. The number of aromatic hydroxyl groups is 1. The van der Waals surface area contributed by atoms with Crippen molar-refractivity contribution in [2.45, 2.75) is 20.8 Å². The van der Waals surface area contributed by atoms with Crippen LogP contribution >= 0.6 is 22.6 Å². The average Bonchev–Trinajstić information content (AvgIpc) is 2.54. The second-order valence-electron chi connectivity index (χ2n) is 4.46. The van der Waals surface area contributed by atoms with Crippen LogP contribution in [-0.4, -0.2) is 53.1 Å². The molecule has 0 saturated heterocycles. The van der Waals surface area contributed by atoms with Crippen molar-refractivity contribution in [2.75, 3.05) is 36.5 Å². The van der Waals surface area contributed by atoms with Gasteiger partial charge in [0.15, 0.2) is 0 Å². The number of carbonyl (C=O) groups excluding carboxylic acids is 2. The van der Waals surface area contributed by atoms with Crippen molar-refractivity contribution in [3.05, 3.63) is 23.8 Å². The Hall–Kier alpha value is -1.35. The maximum atomic E-state index is 11.8. The molecule has 0 aromatic heterocycles. The fourth-order valence-corrected chi connectivity index (χ4v) is 1.84. The minimum atomic E-state index is -0.587.